The number of carboxylic acid groups (broad SMARTS) is 2. The van der Waals surface area contributed by atoms with Crippen molar-refractivity contribution in [3.8, 4) is 56.5 Å². The Hall–Kier alpha value is -9.24. The Balaban J connectivity index is 0.000000194. The largest absolute Gasteiger partial charge is 0.550 e. The number of para-hydroxylation sites is 2. The fourth-order valence-corrected chi connectivity index (χ4v) is 8.01. The Kier molecular flexibility index (Phi) is 20.3. The van der Waals surface area contributed by atoms with Crippen LogP contribution in [0.4, 0.5) is 0 Å². The second-order valence-electron chi connectivity index (χ2n) is 17.3. The van der Waals surface area contributed by atoms with Crippen molar-refractivity contribution in [2.75, 3.05) is 13.2 Å². The quantitative estimate of drug-likeness (QED) is 0.0886. The first-order chi connectivity index (χ1) is 37.1. The summed E-state index contributed by atoms with van der Waals surface area (Å²) in [5.41, 5.74) is 23.6. The molecule has 0 atom stereocenters. The maximum absolute atomic E-state index is 8.89. The standard InChI is InChI=1S/2C29H26N4O.2C2H4O2/c30-20-22-11-13-24(14-12-22)27-28(23-7-2-1-3-8-23)33-29-25(32-27)9-4-10-26(29)34-19-5-6-21-15-17-31-18-16-21;30-20-22-11-13-24(14-12-22)28-27(23-7-2-1-3-8-23)32-25-9-4-10-26(29(25)33-28)34-19-5-6-21-15-17-31-18-16-21;2*1-2(3)4/h2*1-4,7-18H,5-6,19-20,30H2;2*1H3,(H,3,4). The third-order valence-corrected chi connectivity index (χ3v) is 11.7. The normalized spacial score (nSPS) is 10.5. The van der Waals surface area contributed by atoms with Crippen LogP contribution in [0.3, 0.4) is 0 Å². The van der Waals surface area contributed by atoms with Crippen LogP contribution < -0.4 is 31.2 Å². The summed E-state index contributed by atoms with van der Waals surface area (Å²) in [4.78, 5) is 46.2. The minimum absolute atomic E-state index is 0.608. The van der Waals surface area contributed by atoms with Gasteiger partial charge in [0.25, 0.3) is 0 Å². The monoisotopic (exact) mass is 1010 g/mol. The molecule has 6 aromatic carbocycles. The molecule has 0 aliphatic rings. The molecule has 14 nitrogen and oxygen atoms in total. The number of ether oxygens (including phenoxy) is 2. The minimum atomic E-state index is -1.08. The van der Waals surface area contributed by atoms with Gasteiger partial charge in [0.2, 0.25) is 0 Å². The number of hydrogen-bond donors (Lipinski definition) is 2. The van der Waals surface area contributed by atoms with Gasteiger partial charge in [0, 0.05) is 70.1 Å². The van der Waals surface area contributed by atoms with Gasteiger partial charge in [-0.2, -0.15) is 0 Å². The van der Waals surface area contributed by atoms with Crippen LogP contribution in [-0.4, -0.2) is 55.1 Å². The Labute approximate surface area is 442 Å². The Morgan fingerprint density at radius 2 is 0.737 bits per heavy atom. The Bertz CT molecular complexity index is 3390. The lowest BCUT2D eigenvalue weighted by Crippen LogP contribution is -2.47. The topological polar surface area (TPSA) is 231 Å². The highest BCUT2D eigenvalue weighted by Gasteiger charge is 2.18. The summed E-state index contributed by atoms with van der Waals surface area (Å²) < 4.78 is 12.4. The highest BCUT2D eigenvalue weighted by molar-refractivity contribution is 5.90. The zero-order valence-electron chi connectivity index (χ0n) is 42.7. The SMILES string of the molecule is CC(=O)[O-].CC(=O)[O-].[NH3+]Cc1ccc(-c2nc3c(OCCCc4ccncc4)cccc3nc2-c2ccccc2)cc1.[NH3+]Cc1ccc(-c2nc3cccc(OCCCc4ccncc4)c3nc2-c2ccccc2)cc1. The summed E-state index contributed by atoms with van der Waals surface area (Å²) in [5.74, 6) is -0.647. The molecule has 6 N–H and O–H groups in total. The average Bonchev–Trinajstić information content (AvgIpc) is 3.46. The van der Waals surface area contributed by atoms with E-state index in [0.29, 0.717) is 13.2 Å². The highest BCUT2D eigenvalue weighted by Crippen LogP contribution is 2.36. The molecule has 0 spiro atoms. The molecule has 0 unspecified atom stereocenters. The van der Waals surface area contributed by atoms with Crippen LogP contribution in [0.15, 0.2) is 195 Å². The first kappa shape index (κ1) is 54.5. The first-order valence-electron chi connectivity index (χ1n) is 25.0. The molecule has 0 saturated heterocycles. The van der Waals surface area contributed by atoms with Crippen LogP contribution in [-0.2, 0) is 35.5 Å². The fourth-order valence-electron chi connectivity index (χ4n) is 8.01. The van der Waals surface area contributed by atoms with E-state index in [1.807, 2.05) is 122 Å². The van der Waals surface area contributed by atoms with Crippen molar-refractivity contribution in [2.24, 2.45) is 0 Å². The number of nitrogens with zero attached hydrogens (tertiary/aromatic N) is 6. The number of rotatable bonds is 16. The number of quaternary nitrogens is 2. The van der Waals surface area contributed by atoms with Gasteiger partial charge in [-0.15, -0.1) is 0 Å². The molecular weight excluding hydrogens is 953 g/mol. The number of aryl methyl sites for hydroxylation is 2. The smallest absolute Gasteiger partial charge is 0.147 e. The van der Waals surface area contributed by atoms with Crippen molar-refractivity contribution in [3.05, 3.63) is 217 Å². The maximum atomic E-state index is 8.89. The third-order valence-electron chi connectivity index (χ3n) is 11.7. The molecule has 384 valence electrons. The first-order valence-corrected chi connectivity index (χ1v) is 25.0. The van der Waals surface area contributed by atoms with Gasteiger partial charge in [-0.05, 0) is 99.2 Å². The minimum Gasteiger partial charge on any atom is -0.550 e. The fraction of sp³-hybridized carbons (Fsp3) is 0.161. The van der Waals surface area contributed by atoms with Crippen LogP contribution >= 0.6 is 0 Å². The van der Waals surface area contributed by atoms with Gasteiger partial charge >= 0.3 is 0 Å². The van der Waals surface area contributed by atoms with Crippen molar-refractivity contribution in [2.45, 2.75) is 52.6 Å². The van der Waals surface area contributed by atoms with Gasteiger partial charge in [0.05, 0.1) is 60.1 Å². The summed E-state index contributed by atoms with van der Waals surface area (Å²) in [6.07, 6.45) is 11.0. The number of pyridine rings is 2. The number of benzene rings is 6. The predicted octanol–water partition coefficient (Wildman–Crippen LogP) is 7.74. The zero-order chi connectivity index (χ0) is 53.5. The van der Waals surface area contributed by atoms with Crippen molar-refractivity contribution in [1.29, 1.82) is 0 Å². The number of carbonyl (C=O) groups excluding carboxylic acids is 2. The van der Waals surface area contributed by atoms with Crippen molar-refractivity contribution in [3.63, 3.8) is 0 Å². The number of fused-ring (bicyclic) bond motifs is 2. The maximum Gasteiger partial charge on any atom is 0.147 e. The van der Waals surface area contributed by atoms with Gasteiger partial charge in [-0.3, -0.25) is 9.97 Å². The van der Waals surface area contributed by atoms with E-state index in [1.54, 1.807) is 0 Å². The molecule has 0 amide bonds. The van der Waals surface area contributed by atoms with E-state index >= 15 is 0 Å². The molecule has 0 radical (unpaired) electrons. The molecule has 14 heteroatoms. The van der Waals surface area contributed by atoms with E-state index in [1.165, 1.54) is 22.3 Å². The lowest BCUT2D eigenvalue weighted by Gasteiger charge is -2.13. The van der Waals surface area contributed by atoms with Crippen LogP contribution in [0.2, 0.25) is 0 Å². The summed E-state index contributed by atoms with van der Waals surface area (Å²) in [5, 5.41) is 17.8. The molecule has 4 heterocycles. The van der Waals surface area contributed by atoms with Gasteiger partial charge in [-0.25, -0.2) is 19.9 Å². The van der Waals surface area contributed by atoms with E-state index < -0.39 is 11.9 Å². The van der Waals surface area contributed by atoms with Gasteiger partial charge in [-0.1, -0.05) is 121 Å². The molecule has 0 saturated carbocycles. The highest BCUT2D eigenvalue weighted by atomic mass is 16.5. The van der Waals surface area contributed by atoms with Gasteiger partial charge < -0.3 is 40.7 Å². The van der Waals surface area contributed by atoms with Crippen LogP contribution in [0.5, 0.6) is 11.5 Å². The summed E-state index contributed by atoms with van der Waals surface area (Å²) in [6, 6.07) is 57.3. The molecular formula is C62H60N8O6. The molecule has 0 aliphatic heterocycles. The molecule has 10 aromatic rings. The number of hydrogen-bond acceptors (Lipinski definition) is 12. The van der Waals surface area contributed by atoms with E-state index in [-0.39, 0.29) is 0 Å². The molecule has 0 fully saturated rings. The Morgan fingerprint density at radius 1 is 0.408 bits per heavy atom. The molecule has 76 heavy (non-hydrogen) atoms. The molecule has 0 aliphatic carbocycles. The average molecular weight is 1010 g/mol. The summed E-state index contributed by atoms with van der Waals surface area (Å²) in [7, 11) is 0. The van der Waals surface area contributed by atoms with Crippen LogP contribution in [0.25, 0.3) is 67.1 Å². The number of aliphatic carboxylic acids is 2. The number of carbonyl (C=O) groups is 2. The molecule has 0 bridgehead atoms. The van der Waals surface area contributed by atoms with E-state index in [2.05, 4.69) is 94.2 Å². The van der Waals surface area contributed by atoms with E-state index in [4.69, 9.17) is 49.2 Å². The van der Waals surface area contributed by atoms with Crippen LogP contribution in [0.1, 0.15) is 48.9 Å². The molecule has 4 aromatic heterocycles. The third kappa shape index (κ3) is 15.9. The van der Waals surface area contributed by atoms with E-state index in [0.717, 1.165) is 131 Å². The van der Waals surface area contributed by atoms with Gasteiger partial charge in [0.1, 0.15) is 22.5 Å². The Morgan fingerprint density at radius 3 is 1.08 bits per heavy atom. The lowest BCUT2D eigenvalue weighted by molar-refractivity contribution is -0.386. The summed E-state index contributed by atoms with van der Waals surface area (Å²) >= 11 is 0. The zero-order valence-corrected chi connectivity index (χ0v) is 42.7. The lowest BCUT2D eigenvalue weighted by atomic mass is 10.0. The summed E-state index contributed by atoms with van der Waals surface area (Å²) in [6.45, 7) is 4.68. The van der Waals surface area contributed by atoms with Crippen molar-refractivity contribution < 1.29 is 40.7 Å². The number of aromatic nitrogens is 6. The second kappa shape index (κ2) is 28.3. The van der Waals surface area contributed by atoms with Crippen molar-refractivity contribution in [1.82, 2.24) is 29.9 Å². The number of carboxylic acids is 2. The molecule has 10 rings (SSSR count). The van der Waals surface area contributed by atoms with E-state index in [9.17, 15) is 0 Å². The predicted molar refractivity (Wildman–Crippen MR) is 291 cm³/mol. The van der Waals surface area contributed by atoms with Crippen LogP contribution in [0, 0.1) is 0 Å². The van der Waals surface area contributed by atoms with Crippen molar-refractivity contribution >= 4 is 34.0 Å². The second-order valence-corrected chi connectivity index (χ2v) is 17.3. The van der Waals surface area contributed by atoms with Gasteiger partial charge in [0.15, 0.2) is 0 Å².